The minimum Gasteiger partial charge on any atom is -0.334 e. The summed E-state index contributed by atoms with van der Waals surface area (Å²) in [6, 6.07) is 6.60. The zero-order valence-electron chi connectivity index (χ0n) is 12.1. The van der Waals surface area contributed by atoms with E-state index in [9.17, 15) is 9.18 Å². The minimum absolute atomic E-state index is 0. The molecule has 3 nitrogen and oxygen atoms in total. The van der Waals surface area contributed by atoms with Gasteiger partial charge in [-0.3, -0.25) is 4.79 Å². The second kappa shape index (κ2) is 8.80. The van der Waals surface area contributed by atoms with E-state index >= 15 is 0 Å². The average molecular weight is 313 g/mol. The van der Waals surface area contributed by atoms with E-state index in [-0.39, 0.29) is 30.0 Å². The Morgan fingerprint density at radius 2 is 2.05 bits per heavy atom. The number of halogens is 2. The average Bonchev–Trinajstić information content (AvgIpc) is 2.49. The van der Waals surface area contributed by atoms with Crippen LogP contribution in [0.3, 0.4) is 0 Å². The van der Waals surface area contributed by atoms with Gasteiger partial charge in [0.2, 0.25) is 5.91 Å². The molecule has 0 saturated carbocycles. The highest BCUT2D eigenvalue weighted by molar-refractivity contribution is 5.85. The monoisotopic (exact) mass is 312 g/mol. The van der Waals surface area contributed by atoms with Crippen molar-refractivity contribution in [1.82, 2.24) is 10.2 Å². The number of hydrogen-bond donors (Lipinski definition) is 1. The topological polar surface area (TPSA) is 32.3 Å². The smallest absolute Gasteiger partial charge is 0.226 e. The van der Waals surface area contributed by atoms with Crippen LogP contribution in [0.15, 0.2) is 36.9 Å². The fraction of sp³-hybridized carbons (Fsp3) is 0.438. The van der Waals surface area contributed by atoms with E-state index in [1.165, 1.54) is 6.07 Å². The van der Waals surface area contributed by atoms with Crippen LogP contribution in [0.2, 0.25) is 0 Å². The van der Waals surface area contributed by atoms with Crippen molar-refractivity contribution in [2.45, 2.75) is 19.4 Å². The summed E-state index contributed by atoms with van der Waals surface area (Å²) in [5, 5.41) is 3.25. The molecule has 1 heterocycles. The van der Waals surface area contributed by atoms with Crippen LogP contribution in [0, 0.1) is 11.7 Å². The van der Waals surface area contributed by atoms with Crippen LogP contribution < -0.4 is 5.32 Å². The van der Waals surface area contributed by atoms with E-state index in [0.717, 1.165) is 25.9 Å². The maximum absolute atomic E-state index is 13.7. The first-order valence-corrected chi connectivity index (χ1v) is 7.06. The molecule has 1 aliphatic heterocycles. The van der Waals surface area contributed by atoms with Gasteiger partial charge in [0.25, 0.3) is 0 Å². The van der Waals surface area contributed by atoms with Crippen LogP contribution in [-0.4, -0.2) is 30.4 Å². The molecule has 1 aromatic rings. The second-order valence-corrected chi connectivity index (χ2v) is 5.12. The molecule has 5 heteroatoms. The summed E-state index contributed by atoms with van der Waals surface area (Å²) in [4.78, 5) is 14.2. The van der Waals surface area contributed by atoms with Crippen molar-refractivity contribution in [3.8, 4) is 0 Å². The van der Waals surface area contributed by atoms with Crippen molar-refractivity contribution in [2.24, 2.45) is 5.92 Å². The van der Waals surface area contributed by atoms with Crippen molar-refractivity contribution >= 4 is 18.3 Å². The van der Waals surface area contributed by atoms with Crippen molar-refractivity contribution in [3.05, 3.63) is 48.3 Å². The zero-order chi connectivity index (χ0) is 14.4. The number of rotatable bonds is 5. The first kappa shape index (κ1) is 17.7. The maximum Gasteiger partial charge on any atom is 0.226 e. The van der Waals surface area contributed by atoms with E-state index in [2.05, 4.69) is 11.9 Å². The van der Waals surface area contributed by atoms with Gasteiger partial charge in [-0.05, 0) is 32.0 Å². The molecule has 0 unspecified atom stereocenters. The third kappa shape index (κ3) is 4.83. The van der Waals surface area contributed by atoms with Gasteiger partial charge in [-0.1, -0.05) is 24.3 Å². The standard InChI is InChI=1S/C16H21FN2O.ClH/c1-2-11-19(12-14-5-3-4-6-15(14)17)16(20)13-7-9-18-10-8-13;/h2-6,13,18H,1,7-12H2;1H. The van der Waals surface area contributed by atoms with Gasteiger partial charge in [0.1, 0.15) is 5.82 Å². The summed E-state index contributed by atoms with van der Waals surface area (Å²) < 4.78 is 13.7. The van der Waals surface area contributed by atoms with Crippen LogP contribution in [0.5, 0.6) is 0 Å². The molecule has 0 spiro atoms. The third-order valence-electron chi connectivity index (χ3n) is 3.67. The molecule has 1 amide bonds. The molecule has 116 valence electrons. The molecule has 0 radical (unpaired) electrons. The minimum atomic E-state index is -0.264. The Kier molecular flexibility index (Phi) is 7.40. The molecule has 1 saturated heterocycles. The molecular weight excluding hydrogens is 291 g/mol. The van der Waals surface area contributed by atoms with Gasteiger partial charge >= 0.3 is 0 Å². The fourth-order valence-corrected chi connectivity index (χ4v) is 2.55. The first-order valence-electron chi connectivity index (χ1n) is 7.06. The zero-order valence-corrected chi connectivity index (χ0v) is 12.9. The van der Waals surface area contributed by atoms with E-state index in [1.807, 2.05) is 0 Å². The SMILES string of the molecule is C=CCN(Cc1ccccc1F)C(=O)C1CCNCC1.Cl. The Bertz CT molecular complexity index is 475. The number of carbonyl (C=O) groups excluding carboxylic acids is 1. The van der Waals surface area contributed by atoms with E-state index in [0.29, 0.717) is 18.7 Å². The molecule has 0 aliphatic carbocycles. The van der Waals surface area contributed by atoms with Gasteiger partial charge in [0.05, 0.1) is 0 Å². The van der Waals surface area contributed by atoms with Crippen molar-refractivity contribution in [2.75, 3.05) is 19.6 Å². The molecule has 2 rings (SSSR count). The molecule has 0 aromatic heterocycles. The Hall–Kier alpha value is -1.39. The van der Waals surface area contributed by atoms with Gasteiger partial charge in [-0.25, -0.2) is 4.39 Å². The maximum atomic E-state index is 13.7. The number of amides is 1. The third-order valence-corrected chi connectivity index (χ3v) is 3.67. The molecule has 1 aliphatic rings. The number of nitrogens with zero attached hydrogens (tertiary/aromatic N) is 1. The Labute approximate surface area is 131 Å². The lowest BCUT2D eigenvalue weighted by Gasteiger charge is -2.29. The van der Waals surface area contributed by atoms with Crippen LogP contribution in [0.1, 0.15) is 18.4 Å². The van der Waals surface area contributed by atoms with Crippen LogP contribution in [-0.2, 0) is 11.3 Å². The lowest BCUT2D eigenvalue weighted by molar-refractivity contribution is -0.136. The van der Waals surface area contributed by atoms with E-state index in [4.69, 9.17) is 0 Å². The quantitative estimate of drug-likeness (QED) is 0.848. The number of hydrogen-bond acceptors (Lipinski definition) is 2. The summed E-state index contributed by atoms with van der Waals surface area (Å²) in [7, 11) is 0. The van der Waals surface area contributed by atoms with Crippen LogP contribution >= 0.6 is 12.4 Å². The summed E-state index contributed by atoms with van der Waals surface area (Å²) in [6.45, 7) is 6.20. The second-order valence-electron chi connectivity index (χ2n) is 5.12. The summed E-state index contributed by atoms with van der Waals surface area (Å²) in [5.74, 6) is -0.114. The van der Waals surface area contributed by atoms with E-state index in [1.54, 1.807) is 29.2 Å². The highest BCUT2D eigenvalue weighted by atomic mass is 35.5. The van der Waals surface area contributed by atoms with Gasteiger partial charge in [0, 0.05) is 24.6 Å². The molecule has 1 aromatic carbocycles. The number of piperidine rings is 1. The van der Waals surface area contributed by atoms with Gasteiger partial charge in [0.15, 0.2) is 0 Å². The molecular formula is C16H22ClFN2O. The van der Waals surface area contributed by atoms with E-state index < -0.39 is 0 Å². The summed E-state index contributed by atoms with van der Waals surface area (Å²) in [6.07, 6.45) is 3.40. The Morgan fingerprint density at radius 3 is 2.67 bits per heavy atom. The Morgan fingerprint density at radius 1 is 1.38 bits per heavy atom. The van der Waals surface area contributed by atoms with Crippen LogP contribution in [0.25, 0.3) is 0 Å². The molecule has 21 heavy (non-hydrogen) atoms. The van der Waals surface area contributed by atoms with Gasteiger partial charge in [-0.15, -0.1) is 19.0 Å². The largest absolute Gasteiger partial charge is 0.334 e. The summed E-state index contributed by atoms with van der Waals surface area (Å²) in [5.41, 5.74) is 0.552. The number of carbonyl (C=O) groups is 1. The molecule has 1 fully saturated rings. The predicted molar refractivity (Wildman–Crippen MR) is 84.9 cm³/mol. The highest BCUT2D eigenvalue weighted by Gasteiger charge is 2.25. The lowest BCUT2D eigenvalue weighted by Crippen LogP contribution is -2.40. The number of benzene rings is 1. The normalized spacial score (nSPS) is 15.1. The predicted octanol–water partition coefficient (Wildman–Crippen LogP) is 2.76. The van der Waals surface area contributed by atoms with Crippen LogP contribution in [0.4, 0.5) is 4.39 Å². The van der Waals surface area contributed by atoms with Crippen molar-refractivity contribution < 1.29 is 9.18 Å². The lowest BCUT2D eigenvalue weighted by atomic mass is 9.96. The molecule has 1 N–H and O–H groups in total. The summed E-state index contributed by atoms with van der Waals surface area (Å²) >= 11 is 0. The number of nitrogens with one attached hydrogen (secondary N) is 1. The van der Waals surface area contributed by atoms with Gasteiger partial charge < -0.3 is 10.2 Å². The van der Waals surface area contributed by atoms with Crippen molar-refractivity contribution in [1.29, 1.82) is 0 Å². The first-order chi connectivity index (χ1) is 9.72. The highest BCUT2D eigenvalue weighted by Crippen LogP contribution is 2.18. The fourth-order valence-electron chi connectivity index (χ4n) is 2.55. The Balaban J connectivity index is 0.00000220. The van der Waals surface area contributed by atoms with Crippen molar-refractivity contribution in [3.63, 3.8) is 0 Å². The molecule has 0 atom stereocenters. The van der Waals surface area contributed by atoms with Gasteiger partial charge in [-0.2, -0.15) is 0 Å². The molecule has 0 bridgehead atoms.